The van der Waals surface area contributed by atoms with E-state index in [1.165, 1.54) is 32.1 Å². The maximum absolute atomic E-state index is 3.78. The molecule has 0 aliphatic heterocycles. The standard InChI is InChI=1S/C8H17.C4H12N/c1-3-5-7-8-6-4-2;1-5(2,3)4/h1,3-8H2,2H3;1-4H3/q;+1. The van der Waals surface area contributed by atoms with Crippen molar-refractivity contribution in [2.24, 2.45) is 0 Å². The average Bonchev–Trinajstić information content (AvgIpc) is 1.95. The Kier molecular flexibility index (Phi) is 11.9. The van der Waals surface area contributed by atoms with Gasteiger partial charge in [-0.3, -0.25) is 0 Å². The van der Waals surface area contributed by atoms with E-state index in [1.54, 1.807) is 0 Å². The van der Waals surface area contributed by atoms with E-state index >= 15 is 0 Å². The highest BCUT2D eigenvalue weighted by molar-refractivity contribution is 4.43. The molecule has 0 atom stereocenters. The second-order valence-electron chi connectivity index (χ2n) is 4.95. The van der Waals surface area contributed by atoms with E-state index in [4.69, 9.17) is 0 Å². The molecule has 0 aromatic heterocycles. The van der Waals surface area contributed by atoms with Crippen molar-refractivity contribution in [1.82, 2.24) is 0 Å². The lowest BCUT2D eigenvalue weighted by Crippen LogP contribution is -2.27. The quantitative estimate of drug-likeness (QED) is 0.456. The van der Waals surface area contributed by atoms with Crippen LogP contribution in [0.1, 0.15) is 45.4 Å². The van der Waals surface area contributed by atoms with Gasteiger partial charge in [0.1, 0.15) is 0 Å². The maximum atomic E-state index is 3.78. The highest BCUT2D eigenvalue weighted by Crippen LogP contribution is 2.03. The third kappa shape index (κ3) is 48.2. The van der Waals surface area contributed by atoms with Gasteiger partial charge < -0.3 is 4.48 Å². The van der Waals surface area contributed by atoms with E-state index in [1.807, 2.05) is 0 Å². The fourth-order valence-electron chi connectivity index (χ4n) is 0.780. The van der Waals surface area contributed by atoms with Crippen molar-refractivity contribution in [3.8, 4) is 0 Å². The zero-order chi connectivity index (χ0) is 10.7. The predicted octanol–water partition coefficient (Wildman–Crippen LogP) is 3.50. The van der Waals surface area contributed by atoms with Crippen LogP contribution in [0.5, 0.6) is 0 Å². The molecule has 13 heavy (non-hydrogen) atoms. The minimum absolute atomic E-state index is 1.00. The molecule has 0 aromatic rings. The monoisotopic (exact) mass is 187 g/mol. The molecular formula is C12H29N+. The summed E-state index contributed by atoms with van der Waals surface area (Å²) in [5, 5.41) is 0. The second kappa shape index (κ2) is 10.0. The van der Waals surface area contributed by atoms with E-state index in [-0.39, 0.29) is 0 Å². The Labute approximate surface area is 85.7 Å². The topological polar surface area (TPSA) is 0 Å². The highest BCUT2D eigenvalue weighted by atomic mass is 15.2. The van der Waals surface area contributed by atoms with Gasteiger partial charge in [-0.25, -0.2) is 0 Å². The molecule has 0 amide bonds. The molecule has 0 rings (SSSR count). The molecule has 1 radical (unpaired) electrons. The van der Waals surface area contributed by atoms with Gasteiger partial charge in [0.05, 0.1) is 28.2 Å². The summed E-state index contributed by atoms with van der Waals surface area (Å²) in [6, 6.07) is 0. The molecule has 0 bridgehead atoms. The van der Waals surface area contributed by atoms with Crippen molar-refractivity contribution in [3.05, 3.63) is 6.92 Å². The van der Waals surface area contributed by atoms with Gasteiger partial charge in [-0.15, -0.1) is 0 Å². The van der Waals surface area contributed by atoms with Gasteiger partial charge in [0, 0.05) is 0 Å². The molecule has 0 aliphatic rings. The van der Waals surface area contributed by atoms with Crippen LogP contribution in [0.2, 0.25) is 0 Å². The van der Waals surface area contributed by atoms with Crippen LogP contribution in [-0.2, 0) is 0 Å². The predicted molar refractivity (Wildman–Crippen MR) is 62.7 cm³/mol. The SMILES string of the molecule is C[N+](C)(C)C.[CH2]CCCCCCC. The van der Waals surface area contributed by atoms with Crippen molar-refractivity contribution in [2.45, 2.75) is 45.4 Å². The lowest BCUT2D eigenvalue weighted by molar-refractivity contribution is -0.849. The third-order valence-corrected chi connectivity index (χ3v) is 1.35. The Morgan fingerprint density at radius 3 is 1.54 bits per heavy atom. The number of unbranched alkanes of at least 4 members (excludes halogenated alkanes) is 5. The summed E-state index contributed by atoms with van der Waals surface area (Å²) in [4.78, 5) is 0. The first-order valence-corrected chi connectivity index (χ1v) is 5.50. The van der Waals surface area contributed by atoms with Crippen LogP contribution in [0.3, 0.4) is 0 Å². The summed E-state index contributed by atoms with van der Waals surface area (Å²) in [6.45, 7) is 6.02. The maximum Gasteiger partial charge on any atom is 0.0675 e. The summed E-state index contributed by atoms with van der Waals surface area (Å²) in [5.41, 5.74) is 0. The number of hydrogen-bond acceptors (Lipinski definition) is 0. The van der Waals surface area contributed by atoms with Crippen LogP contribution in [-0.4, -0.2) is 32.7 Å². The molecule has 0 heterocycles. The van der Waals surface area contributed by atoms with E-state index in [2.05, 4.69) is 42.0 Å². The molecule has 0 saturated carbocycles. The summed E-state index contributed by atoms with van der Waals surface area (Å²) in [5.74, 6) is 0. The van der Waals surface area contributed by atoms with Crippen LogP contribution in [0.25, 0.3) is 0 Å². The van der Waals surface area contributed by atoms with Gasteiger partial charge in [-0.05, 0) is 0 Å². The third-order valence-electron chi connectivity index (χ3n) is 1.35. The van der Waals surface area contributed by atoms with Crippen molar-refractivity contribution >= 4 is 0 Å². The number of quaternary nitrogens is 1. The zero-order valence-corrected chi connectivity index (χ0v) is 10.4. The molecule has 81 valence electrons. The van der Waals surface area contributed by atoms with Crippen molar-refractivity contribution in [3.63, 3.8) is 0 Å². The van der Waals surface area contributed by atoms with Crippen molar-refractivity contribution in [2.75, 3.05) is 28.2 Å². The summed E-state index contributed by atoms with van der Waals surface area (Å²) < 4.78 is 1.00. The van der Waals surface area contributed by atoms with Gasteiger partial charge in [-0.2, -0.15) is 0 Å². The van der Waals surface area contributed by atoms with E-state index < -0.39 is 0 Å². The Bertz CT molecular complexity index is 69.6. The Morgan fingerprint density at radius 1 is 0.846 bits per heavy atom. The lowest BCUT2D eigenvalue weighted by Gasteiger charge is -2.14. The van der Waals surface area contributed by atoms with Crippen LogP contribution < -0.4 is 0 Å². The van der Waals surface area contributed by atoms with Gasteiger partial charge in [0.25, 0.3) is 0 Å². The molecule has 1 heteroatoms. The Morgan fingerprint density at radius 2 is 1.23 bits per heavy atom. The van der Waals surface area contributed by atoms with Crippen LogP contribution in [0, 0.1) is 6.92 Å². The summed E-state index contributed by atoms with van der Waals surface area (Å²) >= 11 is 0. The smallest absolute Gasteiger partial charge is 0.0675 e. The molecular weight excluding hydrogens is 158 g/mol. The highest BCUT2D eigenvalue weighted by Gasteiger charge is 1.88. The largest absolute Gasteiger partial charge is 0.333 e. The average molecular weight is 187 g/mol. The van der Waals surface area contributed by atoms with Crippen molar-refractivity contribution < 1.29 is 4.48 Å². The van der Waals surface area contributed by atoms with Crippen LogP contribution >= 0.6 is 0 Å². The zero-order valence-electron chi connectivity index (χ0n) is 10.4. The minimum atomic E-state index is 1.00. The first-order valence-electron chi connectivity index (χ1n) is 5.50. The molecule has 0 aliphatic carbocycles. The number of hydrogen-bond donors (Lipinski definition) is 0. The lowest BCUT2D eigenvalue weighted by atomic mass is 10.1. The van der Waals surface area contributed by atoms with E-state index in [9.17, 15) is 0 Å². The summed E-state index contributed by atoms with van der Waals surface area (Å²) in [6.07, 6.45) is 7.98. The number of nitrogens with zero attached hydrogens (tertiary/aromatic N) is 1. The van der Waals surface area contributed by atoms with E-state index in [0.29, 0.717) is 0 Å². The minimum Gasteiger partial charge on any atom is -0.333 e. The Hall–Kier alpha value is -0.0400. The molecule has 1 nitrogen and oxygen atoms in total. The van der Waals surface area contributed by atoms with Gasteiger partial charge >= 0.3 is 0 Å². The normalized spacial score (nSPS) is 10.6. The summed E-state index contributed by atoms with van der Waals surface area (Å²) in [7, 11) is 8.50. The molecule has 0 aromatic carbocycles. The molecule has 0 N–H and O–H groups in total. The van der Waals surface area contributed by atoms with E-state index in [0.717, 1.165) is 10.9 Å². The van der Waals surface area contributed by atoms with Crippen LogP contribution in [0.15, 0.2) is 0 Å². The molecule has 0 unspecified atom stereocenters. The fourth-order valence-corrected chi connectivity index (χ4v) is 0.780. The van der Waals surface area contributed by atoms with Crippen LogP contribution in [0.4, 0.5) is 0 Å². The van der Waals surface area contributed by atoms with Gasteiger partial charge in [-0.1, -0.05) is 52.4 Å². The van der Waals surface area contributed by atoms with Crippen molar-refractivity contribution in [1.29, 1.82) is 0 Å². The van der Waals surface area contributed by atoms with Gasteiger partial charge in [0.15, 0.2) is 0 Å². The Balaban J connectivity index is 0. The fraction of sp³-hybridized carbons (Fsp3) is 0.917. The first-order chi connectivity index (χ1) is 5.91. The molecule has 0 spiro atoms. The number of rotatable bonds is 5. The molecule has 0 fully saturated rings. The van der Waals surface area contributed by atoms with Gasteiger partial charge in [0.2, 0.25) is 0 Å². The molecule has 0 saturated heterocycles. The first kappa shape index (κ1) is 15.4. The second-order valence-corrected chi connectivity index (χ2v) is 4.95.